The summed E-state index contributed by atoms with van der Waals surface area (Å²) in [5.41, 5.74) is 7.20. The summed E-state index contributed by atoms with van der Waals surface area (Å²) >= 11 is 0. The van der Waals surface area contributed by atoms with Crippen LogP contribution in [0.15, 0.2) is 23.0 Å². The molecule has 2 atom stereocenters. The highest BCUT2D eigenvalue weighted by molar-refractivity contribution is 5.12. The summed E-state index contributed by atoms with van der Waals surface area (Å²) in [5, 5.41) is 0. The van der Waals surface area contributed by atoms with E-state index in [1.54, 1.807) is 12.5 Å². The van der Waals surface area contributed by atoms with E-state index in [9.17, 15) is 0 Å². The first-order valence-corrected chi connectivity index (χ1v) is 4.56. The zero-order valence-corrected chi connectivity index (χ0v) is 7.36. The molecule has 0 saturated heterocycles. The van der Waals surface area contributed by atoms with E-state index >= 15 is 0 Å². The van der Waals surface area contributed by atoms with Gasteiger partial charge in [-0.25, -0.2) is 0 Å². The minimum absolute atomic E-state index is 0.163. The number of hydrogen-bond acceptors (Lipinski definition) is 2. The molecule has 0 amide bonds. The lowest BCUT2D eigenvalue weighted by Gasteiger charge is -2.17. The molecule has 66 valence electrons. The molecule has 0 bridgehead atoms. The smallest absolute Gasteiger partial charge is 0.0950 e. The van der Waals surface area contributed by atoms with Crippen LogP contribution in [0.25, 0.3) is 0 Å². The van der Waals surface area contributed by atoms with E-state index < -0.39 is 0 Å². The molecular weight excluding hydrogens is 150 g/mol. The summed E-state index contributed by atoms with van der Waals surface area (Å²) in [6.45, 7) is 2.23. The highest BCUT2D eigenvalue weighted by Gasteiger charge is 2.32. The third kappa shape index (κ3) is 1.39. The Labute approximate surface area is 72.7 Å². The standard InChI is InChI=1S/C10H15NO/c1-7(8-2-3-8)10(11)9-4-5-12-6-9/h4-8,10H,2-3,11H2,1H3. The quantitative estimate of drug-likeness (QED) is 0.746. The molecule has 2 nitrogen and oxygen atoms in total. The van der Waals surface area contributed by atoms with Crippen molar-refractivity contribution >= 4 is 0 Å². The Hall–Kier alpha value is -0.760. The molecule has 1 aromatic rings. The minimum Gasteiger partial charge on any atom is -0.472 e. The van der Waals surface area contributed by atoms with Crippen molar-refractivity contribution in [2.24, 2.45) is 17.6 Å². The van der Waals surface area contributed by atoms with Crippen molar-refractivity contribution in [1.29, 1.82) is 0 Å². The predicted octanol–water partition coefficient (Wildman–Crippen LogP) is 2.33. The Bertz CT molecular complexity index is 238. The fraction of sp³-hybridized carbons (Fsp3) is 0.600. The van der Waals surface area contributed by atoms with Gasteiger partial charge in [-0.3, -0.25) is 0 Å². The van der Waals surface area contributed by atoms with Crippen molar-refractivity contribution in [3.8, 4) is 0 Å². The van der Waals surface area contributed by atoms with E-state index in [2.05, 4.69) is 6.92 Å². The van der Waals surface area contributed by atoms with E-state index in [0.717, 1.165) is 11.5 Å². The SMILES string of the molecule is CC(C1CC1)C(N)c1ccoc1. The van der Waals surface area contributed by atoms with Gasteiger partial charge < -0.3 is 10.2 Å². The van der Waals surface area contributed by atoms with Crippen molar-refractivity contribution in [2.45, 2.75) is 25.8 Å². The predicted molar refractivity (Wildman–Crippen MR) is 47.5 cm³/mol. The Morgan fingerprint density at radius 1 is 1.58 bits per heavy atom. The van der Waals surface area contributed by atoms with Crippen LogP contribution in [0.2, 0.25) is 0 Å². The van der Waals surface area contributed by atoms with Gasteiger partial charge >= 0.3 is 0 Å². The summed E-state index contributed by atoms with van der Waals surface area (Å²) in [7, 11) is 0. The van der Waals surface area contributed by atoms with Gasteiger partial charge in [0.15, 0.2) is 0 Å². The lowest BCUT2D eigenvalue weighted by Crippen LogP contribution is -2.19. The van der Waals surface area contributed by atoms with E-state index in [4.69, 9.17) is 10.2 Å². The Morgan fingerprint density at radius 2 is 2.33 bits per heavy atom. The molecule has 0 aliphatic heterocycles. The summed E-state index contributed by atoms with van der Waals surface area (Å²) in [4.78, 5) is 0. The molecule has 2 heteroatoms. The second kappa shape index (κ2) is 2.94. The lowest BCUT2D eigenvalue weighted by molar-refractivity contribution is 0.413. The molecule has 12 heavy (non-hydrogen) atoms. The van der Waals surface area contributed by atoms with Crippen LogP contribution in [0, 0.1) is 11.8 Å². The van der Waals surface area contributed by atoms with Crippen LogP contribution in [-0.4, -0.2) is 0 Å². The zero-order valence-electron chi connectivity index (χ0n) is 7.36. The topological polar surface area (TPSA) is 39.2 Å². The Morgan fingerprint density at radius 3 is 2.83 bits per heavy atom. The van der Waals surface area contributed by atoms with Crippen LogP contribution in [0.1, 0.15) is 31.4 Å². The normalized spacial score (nSPS) is 22.2. The highest BCUT2D eigenvalue weighted by Crippen LogP contribution is 2.41. The Kier molecular flexibility index (Phi) is 1.93. The third-order valence-corrected chi connectivity index (χ3v) is 2.86. The van der Waals surface area contributed by atoms with Crippen molar-refractivity contribution in [3.63, 3.8) is 0 Å². The van der Waals surface area contributed by atoms with Gasteiger partial charge in [-0.2, -0.15) is 0 Å². The largest absolute Gasteiger partial charge is 0.472 e. The molecule has 1 saturated carbocycles. The molecular formula is C10H15NO. The molecule has 0 spiro atoms. The monoisotopic (exact) mass is 165 g/mol. The second-order valence-corrected chi connectivity index (χ2v) is 3.78. The van der Waals surface area contributed by atoms with Crippen LogP contribution in [0.5, 0.6) is 0 Å². The lowest BCUT2D eigenvalue weighted by atomic mass is 9.93. The molecule has 0 radical (unpaired) electrons. The molecule has 1 aliphatic carbocycles. The number of furan rings is 1. The van der Waals surface area contributed by atoms with E-state index in [1.165, 1.54) is 12.8 Å². The number of hydrogen-bond donors (Lipinski definition) is 1. The van der Waals surface area contributed by atoms with Crippen LogP contribution >= 0.6 is 0 Å². The average Bonchev–Trinajstić information content (AvgIpc) is 2.79. The van der Waals surface area contributed by atoms with Gasteiger partial charge in [0.2, 0.25) is 0 Å². The first-order valence-electron chi connectivity index (χ1n) is 4.56. The zero-order chi connectivity index (χ0) is 8.55. The molecule has 1 aromatic heterocycles. The van der Waals surface area contributed by atoms with Gasteiger partial charge in [0.25, 0.3) is 0 Å². The third-order valence-electron chi connectivity index (χ3n) is 2.86. The molecule has 0 aromatic carbocycles. The van der Waals surface area contributed by atoms with Crippen LogP contribution in [0.3, 0.4) is 0 Å². The minimum atomic E-state index is 0.163. The summed E-state index contributed by atoms with van der Waals surface area (Å²) in [5.74, 6) is 1.46. The van der Waals surface area contributed by atoms with Gasteiger partial charge in [-0.05, 0) is 30.7 Å². The number of rotatable bonds is 3. The van der Waals surface area contributed by atoms with Crippen molar-refractivity contribution in [3.05, 3.63) is 24.2 Å². The average molecular weight is 165 g/mol. The maximum atomic E-state index is 6.06. The first kappa shape index (κ1) is 7.87. The summed E-state index contributed by atoms with van der Waals surface area (Å²) in [6, 6.07) is 2.13. The van der Waals surface area contributed by atoms with Crippen LogP contribution in [0.4, 0.5) is 0 Å². The van der Waals surface area contributed by atoms with E-state index in [0.29, 0.717) is 5.92 Å². The molecule has 1 fully saturated rings. The van der Waals surface area contributed by atoms with Gasteiger partial charge in [0.1, 0.15) is 0 Å². The van der Waals surface area contributed by atoms with Crippen LogP contribution < -0.4 is 5.73 Å². The van der Waals surface area contributed by atoms with E-state index in [1.807, 2.05) is 6.07 Å². The second-order valence-electron chi connectivity index (χ2n) is 3.78. The summed E-state index contributed by atoms with van der Waals surface area (Å²) < 4.78 is 5.01. The fourth-order valence-corrected chi connectivity index (χ4v) is 1.68. The number of nitrogens with two attached hydrogens (primary N) is 1. The molecule has 1 aliphatic rings. The maximum absolute atomic E-state index is 6.06. The van der Waals surface area contributed by atoms with Crippen LogP contribution in [-0.2, 0) is 0 Å². The molecule has 1 heterocycles. The van der Waals surface area contributed by atoms with Crippen molar-refractivity contribution in [2.75, 3.05) is 0 Å². The fourth-order valence-electron chi connectivity index (χ4n) is 1.68. The summed E-state index contributed by atoms with van der Waals surface area (Å²) in [6.07, 6.45) is 6.15. The van der Waals surface area contributed by atoms with Crippen molar-refractivity contribution in [1.82, 2.24) is 0 Å². The van der Waals surface area contributed by atoms with Gasteiger partial charge in [-0.15, -0.1) is 0 Å². The van der Waals surface area contributed by atoms with Gasteiger partial charge in [0.05, 0.1) is 12.5 Å². The van der Waals surface area contributed by atoms with Gasteiger partial charge in [0, 0.05) is 11.6 Å². The molecule has 2 rings (SSSR count). The van der Waals surface area contributed by atoms with Crippen molar-refractivity contribution < 1.29 is 4.42 Å². The molecule has 2 unspecified atom stereocenters. The molecule has 2 N–H and O–H groups in total. The maximum Gasteiger partial charge on any atom is 0.0950 e. The van der Waals surface area contributed by atoms with Gasteiger partial charge in [-0.1, -0.05) is 6.92 Å². The Balaban J connectivity index is 2.03. The highest BCUT2D eigenvalue weighted by atomic mass is 16.3. The first-order chi connectivity index (χ1) is 5.79. The van der Waals surface area contributed by atoms with E-state index in [-0.39, 0.29) is 6.04 Å².